The Labute approximate surface area is 66.8 Å². The van der Waals surface area contributed by atoms with Crippen molar-refractivity contribution in [3.8, 4) is 0 Å². The SMILES string of the molecule is CCOC(=O)NN=C(N)[Se]. The van der Waals surface area contributed by atoms with Crippen molar-refractivity contribution < 1.29 is 9.53 Å². The molecule has 5 nitrogen and oxygen atoms in total. The van der Waals surface area contributed by atoms with Crippen LogP contribution in [0, 0.1) is 0 Å². The Balaban J connectivity index is 3.49. The summed E-state index contributed by atoms with van der Waals surface area (Å²) in [6, 6.07) is 0. The molecule has 6 heteroatoms. The summed E-state index contributed by atoms with van der Waals surface area (Å²) < 4.78 is 4.63. The van der Waals surface area contributed by atoms with E-state index in [-0.39, 0.29) is 4.73 Å². The van der Waals surface area contributed by atoms with E-state index in [1.54, 1.807) is 6.92 Å². The number of carbonyl (C=O) groups excluding carboxylic acids is 1. The van der Waals surface area contributed by atoms with Crippen LogP contribution in [-0.4, -0.2) is 33.4 Å². The number of hydrogen-bond donors (Lipinski definition) is 2. The van der Waals surface area contributed by atoms with Crippen molar-refractivity contribution in [3.63, 3.8) is 0 Å². The molecule has 0 aliphatic carbocycles. The first-order chi connectivity index (χ1) is 4.66. The number of carbonyl (C=O) groups is 1. The topological polar surface area (TPSA) is 76.7 Å². The Bertz CT molecular complexity index is 143. The Morgan fingerprint density at radius 3 is 2.90 bits per heavy atom. The molecule has 3 N–H and O–H groups in total. The van der Waals surface area contributed by atoms with E-state index in [2.05, 4.69) is 31.3 Å². The molecule has 10 heavy (non-hydrogen) atoms. The fourth-order valence-corrected chi connectivity index (χ4v) is 0.360. The first-order valence-corrected chi connectivity index (χ1v) is 3.45. The summed E-state index contributed by atoms with van der Waals surface area (Å²) in [5.41, 5.74) is 7.11. The fraction of sp³-hybridized carbons (Fsp3) is 0.500. The van der Waals surface area contributed by atoms with E-state index in [9.17, 15) is 4.79 Å². The second-order valence-corrected chi connectivity index (χ2v) is 2.16. The Kier molecular flexibility index (Phi) is 4.70. The average molecular weight is 209 g/mol. The van der Waals surface area contributed by atoms with Gasteiger partial charge in [0.25, 0.3) is 0 Å². The molecule has 1 radical (unpaired) electrons. The summed E-state index contributed by atoms with van der Waals surface area (Å²) in [5, 5.41) is 3.36. The predicted molar refractivity (Wildman–Crippen MR) is 37.5 cm³/mol. The van der Waals surface area contributed by atoms with Crippen LogP contribution in [0.4, 0.5) is 4.79 Å². The molecule has 0 bridgehead atoms. The van der Waals surface area contributed by atoms with Gasteiger partial charge in [-0.2, -0.15) is 0 Å². The van der Waals surface area contributed by atoms with Crippen molar-refractivity contribution in [3.05, 3.63) is 0 Å². The van der Waals surface area contributed by atoms with Gasteiger partial charge in [-0.1, -0.05) is 0 Å². The standard InChI is InChI=1S/C4H8N3O2Se/c1-2-9-4(8)7-6-3(5)10/h2H2,1H3,(H2,5,6)(H,7,8). The molecule has 0 saturated carbocycles. The number of ether oxygens (including phenoxy) is 1. The van der Waals surface area contributed by atoms with E-state index in [0.29, 0.717) is 6.61 Å². The molecule has 0 saturated heterocycles. The van der Waals surface area contributed by atoms with Gasteiger partial charge in [0, 0.05) is 0 Å². The fourth-order valence-electron chi connectivity index (χ4n) is 0.264. The van der Waals surface area contributed by atoms with Crippen LogP contribution in [0.25, 0.3) is 0 Å². The Morgan fingerprint density at radius 2 is 2.50 bits per heavy atom. The van der Waals surface area contributed by atoms with E-state index < -0.39 is 6.09 Å². The molecular formula is C4H8N3O2Se. The maximum absolute atomic E-state index is 10.4. The third-order valence-corrected chi connectivity index (χ3v) is 0.724. The quantitative estimate of drug-likeness (QED) is 0.268. The molecule has 0 rings (SSSR count). The first kappa shape index (κ1) is 9.26. The summed E-state index contributed by atoms with van der Waals surface area (Å²) in [4.78, 5) is 10.4. The van der Waals surface area contributed by atoms with Gasteiger partial charge in [0.15, 0.2) is 0 Å². The summed E-state index contributed by atoms with van der Waals surface area (Å²) in [7, 11) is 0. The summed E-state index contributed by atoms with van der Waals surface area (Å²) in [6.07, 6.45) is -0.610. The van der Waals surface area contributed by atoms with Gasteiger partial charge in [-0.05, 0) is 0 Å². The van der Waals surface area contributed by atoms with Gasteiger partial charge < -0.3 is 0 Å². The van der Waals surface area contributed by atoms with Crippen LogP contribution in [0.5, 0.6) is 0 Å². The Morgan fingerprint density at radius 1 is 1.90 bits per heavy atom. The number of nitrogens with two attached hydrogens (primary N) is 1. The van der Waals surface area contributed by atoms with Crippen LogP contribution in [0.3, 0.4) is 0 Å². The molecule has 0 aromatic heterocycles. The molecule has 57 valence electrons. The van der Waals surface area contributed by atoms with Gasteiger partial charge in [0.1, 0.15) is 0 Å². The summed E-state index contributed by atoms with van der Waals surface area (Å²) in [6.45, 7) is 2.01. The number of nitrogens with one attached hydrogen (secondary N) is 1. The first-order valence-electron chi connectivity index (χ1n) is 2.59. The second-order valence-electron chi connectivity index (χ2n) is 1.28. The molecule has 0 aliphatic rings. The number of hydrogen-bond acceptors (Lipinski definition) is 3. The van der Waals surface area contributed by atoms with Crippen LogP contribution >= 0.6 is 0 Å². The van der Waals surface area contributed by atoms with Gasteiger partial charge in [-0.25, -0.2) is 0 Å². The van der Waals surface area contributed by atoms with Crippen LogP contribution in [-0.2, 0) is 4.74 Å². The van der Waals surface area contributed by atoms with Crippen LogP contribution in [0.15, 0.2) is 5.10 Å². The molecule has 0 unspecified atom stereocenters. The average Bonchev–Trinajstić information content (AvgIpc) is 1.85. The van der Waals surface area contributed by atoms with E-state index in [0.717, 1.165) is 0 Å². The molecule has 0 spiro atoms. The van der Waals surface area contributed by atoms with Crippen molar-refractivity contribution in [1.82, 2.24) is 5.43 Å². The normalized spacial score (nSPS) is 10.7. The Hall–Kier alpha value is -0.741. The molecule has 1 amide bonds. The molecule has 0 aliphatic heterocycles. The third-order valence-electron chi connectivity index (χ3n) is 0.533. The van der Waals surface area contributed by atoms with Crippen molar-refractivity contribution in [2.75, 3.05) is 6.61 Å². The van der Waals surface area contributed by atoms with Gasteiger partial charge in [0.05, 0.1) is 0 Å². The van der Waals surface area contributed by atoms with E-state index in [4.69, 9.17) is 5.73 Å². The van der Waals surface area contributed by atoms with Gasteiger partial charge in [-0.15, -0.1) is 0 Å². The zero-order valence-corrected chi connectivity index (χ0v) is 7.17. The predicted octanol–water partition coefficient (Wildman–Crippen LogP) is -0.869. The molecular weight excluding hydrogens is 201 g/mol. The minimum atomic E-state index is -0.610. The number of nitrogens with zero attached hydrogens (tertiary/aromatic N) is 1. The van der Waals surface area contributed by atoms with Gasteiger partial charge in [0.2, 0.25) is 0 Å². The van der Waals surface area contributed by atoms with E-state index in [1.807, 2.05) is 0 Å². The second kappa shape index (κ2) is 5.08. The van der Waals surface area contributed by atoms with E-state index in [1.165, 1.54) is 0 Å². The number of amides is 1. The number of amidine groups is 1. The van der Waals surface area contributed by atoms with Crippen molar-refractivity contribution in [1.29, 1.82) is 0 Å². The van der Waals surface area contributed by atoms with Crippen molar-refractivity contribution in [2.45, 2.75) is 6.92 Å². The number of hydrazone groups is 1. The molecule has 0 atom stereocenters. The van der Waals surface area contributed by atoms with Crippen LogP contribution < -0.4 is 11.2 Å². The van der Waals surface area contributed by atoms with E-state index >= 15 is 0 Å². The molecule has 0 aromatic rings. The third kappa shape index (κ3) is 5.40. The van der Waals surface area contributed by atoms with Gasteiger partial charge in [-0.3, -0.25) is 0 Å². The maximum atomic E-state index is 10.4. The molecule has 0 heterocycles. The van der Waals surface area contributed by atoms with Crippen LogP contribution in [0.2, 0.25) is 0 Å². The molecule has 0 aromatic carbocycles. The zero-order chi connectivity index (χ0) is 7.98. The van der Waals surface area contributed by atoms with Crippen LogP contribution in [0.1, 0.15) is 6.92 Å². The number of rotatable bonds is 2. The summed E-state index contributed by atoms with van der Waals surface area (Å²) in [5.74, 6) is 0. The molecule has 0 fully saturated rings. The zero-order valence-electron chi connectivity index (χ0n) is 5.46. The monoisotopic (exact) mass is 210 g/mol. The van der Waals surface area contributed by atoms with Crippen molar-refractivity contribution >= 4 is 26.8 Å². The minimum absolute atomic E-state index is 0.160. The van der Waals surface area contributed by atoms with Crippen molar-refractivity contribution in [2.24, 2.45) is 10.8 Å². The summed E-state index contributed by atoms with van der Waals surface area (Å²) >= 11 is 2.39. The van der Waals surface area contributed by atoms with Gasteiger partial charge >= 0.3 is 66.2 Å².